The topological polar surface area (TPSA) is 0 Å². The first-order valence-electron chi connectivity index (χ1n) is 3.46. The molecule has 0 saturated heterocycles. The van der Waals surface area contributed by atoms with Crippen molar-refractivity contribution >= 4 is 29.6 Å². The van der Waals surface area contributed by atoms with E-state index in [2.05, 4.69) is 27.7 Å². The van der Waals surface area contributed by atoms with E-state index >= 15 is 0 Å². The van der Waals surface area contributed by atoms with Gasteiger partial charge in [0.1, 0.15) is 0 Å². The second-order valence-electron chi connectivity index (χ2n) is 2.99. The van der Waals surface area contributed by atoms with Crippen molar-refractivity contribution in [1.82, 2.24) is 0 Å². The Kier molecular flexibility index (Phi) is 3.93. The molecule has 0 spiro atoms. The van der Waals surface area contributed by atoms with Gasteiger partial charge in [0.15, 0.2) is 0 Å². The van der Waals surface area contributed by atoms with Crippen LogP contribution in [0.4, 0.5) is 0 Å². The summed E-state index contributed by atoms with van der Waals surface area (Å²) >= 11 is 0. The van der Waals surface area contributed by atoms with Crippen LogP contribution in [0.1, 0.15) is 34.1 Å². The van der Waals surface area contributed by atoms with Crippen LogP contribution in [-0.2, 0) is 0 Å². The van der Waals surface area contributed by atoms with Crippen molar-refractivity contribution in [3.8, 4) is 0 Å². The summed E-state index contributed by atoms with van der Waals surface area (Å²) in [4.78, 5) is 0. The van der Waals surface area contributed by atoms with Crippen LogP contribution in [0.5, 0.6) is 0 Å². The van der Waals surface area contributed by atoms with Crippen molar-refractivity contribution in [3.05, 3.63) is 22.3 Å². The third kappa shape index (κ3) is 1.75. The summed E-state index contributed by atoms with van der Waals surface area (Å²) in [5.41, 5.74) is 6.11. The zero-order valence-corrected chi connectivity index (χ0v) is 6.71. The summed E-state index contributed by atoms with van der Waals surface area (Å²) in [6, 6.07) is 0. The molecule has 10 heavy (non-hydrogen) atoms. The molecule has 0 fully saturated rings. The Morgan fingerprint density at radius 3 is 1.20 bits per heavy atom. The summed E-state index contributed by atoms with van der Waals surface area (Å²) in [6.07, 6.45) is 1.21. The van der Waals surface area contributed by atoms with Gasteiger partial charge in [-0.1, -0.05) is 11.1 Å². The zero-order chi connectivity index (χ0) is 7.02. The van der Waals surface area contributed by atoms with Gasteiger partial charge in [-0.2, -0.15) is 0 Å². The van der Waals surface area contributed by atoms with Gasteiger partial charge in [-0.05, 0) is 45.3 Å². The van der Waals surface area contributed by atoms with Crippen LogP contribution in [0, 0.1) is 0 Å². The maximum absolute atomic E-state index is 2.22. The van der Waals surface area contributed by atoms with Crippen LogP contribution in [0.15, 0.2) is 22.3 Å². The van der Waals surface area contributed by atoms with Crippen LogP contribution >= 0.6 is 0 Å². The second kappa shape index (κ2) is 3.75. The van der Waals surface area contributed by atoms with Crippen molar-refractivity contribution in [2.24, 2.45) is 0 Å². The monoisotopic (exact) mass is 146 g/mol. The molecule has 52 valence electrons. The summed E-state index contributed by atoms with van der Waals surface area (Å²) in [7, 11) is 0. The van der Waals surface area contributed by atoms with Crippen molar-refractivity contribution in [2.45, 2.75) is 34.1 Å². The van der Waals surface area contributed by atoms with E-state index in [1.54, 1.807) is 11.1 Å². The Labute approximate surface area is 85.7 Å². The van der Waals surface area contributed by atoms with Crippen molar-refractivity contribution in [1.29, 1.82) is 0 Å². The standard InChI is InChI=1S/C9H14.Na.H/c1-6-5-7(2)9(4)8(6)3;;/h5H2,1-4H3;;. The molecule has 0 aromatic carbocycles. The molecule has 0 N–H and O–H groups in total. The molecule has 0 saturated carbocycles. The molecule has 0 heterocycles. The Morgan fingerprint density at radius 1 is 0.800 bits per heavy atom. The van der Waals surface area contributed by atoms with Gasteiger partial charge in [-0.25, -0.2) is 0 Å². The first-order valence-corrected chi connectivity index (χ1v) is 3.46. The molecule has 0 bridgehead atoms. The molecule has 0 aliphatic heterocycles. The second-order valence-corrected chi connectivity index (χ2v) is 2.99. The van der Waals surface area contributed by atoms with E-state index in [-0.39, 0.29) is 29.6 Å². The van der Waals surface area contributed by atoms with Crippen LogP contribution in [0.3, 0.4) is 0 Å². The normalized spacial score (nSPS) is 18.0. The average Bonchev–Trinajstić information content (AvgIpc) is 1.98. The van der Waals surface area contributed by atoms with Crippen molar-refractivity contribution in [3.63, 3.8) is 0 Å². The minimum absolute atomic E-state index is 0. The number of hydrogen-bond donors (Lipinski definition) is 0. The Balaban J connectivity index is 0.000000810. The van der Waals surface area contributed by atoms with Crippen LogP contribution in [0.2, 0.25) is 0 Å². The summed E-state index contributed by atoms with van der Waals surface area (Å²) in [5, 5.41) is 0. The number of rotatable bonds is 0. The Bertz CT molecular complexity index is 175. The first-order chi connectivity index (χ1) is 4.13. The van der Waals surface area contributed by atoms with Gasteiger partial charge in [0.05, 0.1) is 0 Å². The minimum atomic E-state index is 0. The van der Waals surface area contributed by atoms with E-state index in [0.29, 0.717) is 0 Å². The Morgan fingerprint density at radius 2 is 1.10 bits per heavy atom. The predicted molar refractivity (Wildman–Crippen MR) is 48.5 cm³/mol. The zero-order valence-electron chi connectivity index (χ0n) is 6.71. The van der Waals surface area contributed by atoms with Gasteiger partial charge in [0.2, 0.25) is 0 Å². The quantitative estimate of drug-likeness (QED) is 0.460. The molecule has 1 rings (SSSR count). The molecule has 0 atom stereocenters. The SMILES string of the molecule is CC1=C(C)C(C)=C(C)C1.[NaH]. The van der Waals surface area contributed by atoms with E-state index in [1.165, 1.54) is 17.6 Å². The van der Waals surface area contributed by atoms with Crippen LogP contribution in [-0.4, -0.2) is 29.6 Å². The fourth-order valence-electron chi connectivity index (χ4n) is 1.30. The third-order valence-corrected chi connectivity index (χ3v) is 2.37. The molecule has 0 amide bonds. The van der Waals surface area contributed by atoms with Gasteiger partial charge in [-0.3, -0.25) is 0 Å². The summed E-state index contributed by atoms with van der Waals surface area (Å²) < 4.78 is 0. The molecule has 0 aromatic heterocycles. The molecule has 0 unspecified atom stereocenters. The van der Waals surface area contributed by atoms with E-state index < -0.39 is 0 Å². The molecule has 1 aliphatic rings. The molecule has 0 nitrogen and oxygen atoms in total. The van der Waals surface area contributed by atoms with Crippen molar-refractivity contribution < 1.29 is 0 Å². The maximum atomic E-state index is 2.22. The van der Waals surface area contributed by atoms with Gasteiger partial charge in [-0.15, -0.1) is 0 Å². The predicted octanol–water partition coefficient (Wildman–Crippen LogP) is 2.41. The van der Waals surface area contributed by atoms with Crippen LogP contribution < -0.4 is 0 Å². The molecular weight excluding hydrogens is 131 g/mol. The van der Waals surface area contributed by atoms with Gasteiger partial charge < -0.3 is 0 Å². The molecule has 0 radical (unpaired) electrons. The van der Waals surface area contributed by atoms with E-state index in [4.69, 9.17) is 0 Å². The molecule has 0 aromatic rings. The fourth-order valence-corrected chi connectivity index (χ4v) is 1.30. The van der Waals surface area contributed by atoms with E-state index in [1.807, 2.05) is 0 Å². The van der Waals surface area contributed by atoms with Gasteiger partial charge >= 0.3 is 29.6 Å². The third-order valence-electron chi connectivity index (χ3n) is 2.37. The summed E-state index contributed by atoms with van der Waals surface area (Å²) in [6.45, 7) is 8.85. The fraction of sp³-hybridized carbons (Fsp3) is 0.556. The Hall–Kier alpha value is 0.480. The molecule has 1 heteroatoms. The first kappa shape index (κ1) is 10.5. The summed E-state index contributed by atoms with van der Waals surface area (Å²) in [5.74, 6) is 0. The molecule has 1 aliphatic carbocycles. The van der Waals surface area contributed by atoms with Crippen LogP contribution in [0.25, 0.3) is 0 Å². The number of hydrogen-bond acceptors (Lipinski definition) is 0. The average molecular weight is 146 g/mol. The molecular formula is C9H15Na. The number of allylic oxidation sites excluding steroid dienone is 4. The van der Waals surface area contributed by atoms with Gasteiger partial charge in [0.25, 0.3) is 0 Å². The van der Waals surface area contributed by atoms with E-state index in [0.717, 1.165) is 0 Å². The van der Waals surface area contributed by atoms with Crippen molar-refractivity contribution in [2.75, 3.05) is 0 Å². The van der Waals surface area contributed by atoms with E-state index in [9.17, 15) is 0 Å². The van der Waals surface area contributed by atoms with Gasteiger partial charge in [0, 0.05) is 0 Å².